The predicted molar refractivity (Wildman–Crippen MR) is 70.8 cm³/mol. The van der Waals surface area contributed by atoms with Gasteiger partial charge in [0.1, 0.15) is 0 Å². The van der Waals surface area contributed by atoms with Crippen LogP contribution in [0.5, 0.6) is 0 Å². The quantitative estimate of drug-likeness (QED) is 0.641. The molecule has 0 amide bonds. The summed E-state index contributed by atoms with van der Waals surface area (Å²) in [6, 6.07) is 6.01. The molecule has 0 aliphatic rings. The van der Waals surface area contributed by atoms with Crippen LogP contribution in [0.2, 0.25) is 5.02 Å². The minimum atomic E-state index is 0.817. The molecule has 1 N–H and O–H groups in total. The van der Waals surface area contributed by atoms with Crippen LogP contribution in [-0.2, 0) is 6.54 Å². The molecule has 0 spiro atoms. The Balaban J connectivity index is 2.45. The van der Waals surface area contributed by atoms with Crippen molar-refractivity contribution >= 4 is 34.2 Å². The summed E-state index contributed by atoms with van der Waals surface area (Å²) in [6.45, 7) is 4.20. The maximum absolute atomic E-state index is 5.93. The average Bonchev–Trinajstić information content (AvgIpc) is 2.18. The van der Waals surface area contributed by atoms with Gasteiger partial charge in [-0.2, -0.15) is 0 Å². The minimum Gasteiger partial charge on any atom is -0.313 e. The highest BCUT2D eigenvalue weighted by Crippen LogP contribution is 2.17. The Morgan fingerprint density at radius 3 is 2.93 bits per heavy atom. The summed E-state index contributed by atoms with van der Waals surface area (Å²) in [5, 5.41) is 4.22. The standard InChI is InChI=1S/C11H15ClIN/c1-2-3-6-14-8-9-7-10(12)4-5-11(9)13/h4-5,7,14H,2-3,6,8H2,1H3. The maximum Gasteiger partial charge on any atom is 0.0409 e. The van der Waals surface area contributed by atoms with Crippen LogP contribution in [0.4, 0.5) is 0 Å². The molecule has 1 aromatic carbocycles. The third kappa shape index (κ3) is 4.15. The third-order valence-corrected chi connectivity index (χ3v) is 3.32. The second kappa shape index (κ2) is 6.64. The van der Waals surface area contributed by atoms with Gasteiger partial charge in [-0.1, -0.05) is 24.9 Å². The molecule has 0 aliphatic heterocycles. The second-order valence-corrected chi connectivity index (χ2v) is 4.86. The summed E-state index contributed by atoms with van der Waals surface area (Å²) in [4.78, 5) is 0. The molecular weight excluding hydrogens is 308 g/mol. The summed E-state index contributed by atoms with van der Waals surface area (Å²) >= 11 is 8.27. The van der Waals surface area contributed by atoms with Crippen molar-refractivity contribution in [3.8, 4) is 0 Å². The van der Waals surface area contributed by atoms with Crippen molar-refractivity contribution in [1.82, 2.24) is 5.32 Å². The number of halogens is 2. The smallest absolute Gasteiger partial charge is 0.0409 e. The van der Waals surface area contributed by atoms with E-state index in [4.69, 9.17) is 11.6 Å². The van der Waals surface area contributed by atoms with Crippen LogP contribution in [0.1, 0.15) is 25.3 Å². The second-order valence-electron chi connectivity index (χ2n) is 3.27. The normalized spacial score (nSPS) is 10.5. The number of nitrogens with one attached hydrogen (secondary N) is 1. The fraction of sp³-hybridized carbons (Fsp3) is 0.455. The predicted octanol–water partition coefficient (Wildman–Crippen LogP) is 3.83. The van der Waals surface area contributed by atoms with E-state index in [0.717, 1.165) is 18.1 Å². The molecule has 0 heterocycles. The van der Waals surface area contributed by atoms with Crippen molar-refractivity contribution in [3.63, 3.8) is 0 Å². The number of unbranched alkanes of at least 4 members (excludes halogenated alkanes) is 1. The lowest BCUT2D eigenvalue weighted by molar-refractivity contribution is 0.640. The van der Waals surface area contributed by atoms with E-state index in [2.05, 4.69) is 40.9 Å². The van der Waals surface area contributed by atoms with Crippen LogP contribution in [0, 0.1) is 3.57 Å². The molecule has 1 nitrogen and oxygen atoms in total. The van der Waals surface area contributed by atoms with Gasteiger partial charge in [-0.05, 0) is 59.3 Å². The molecule has 3 heteroatoms. The zero-order chi connectivity index (χ0) is 10.4. The van der Waals surface area contributed by atoms with Crippen molar-refractivity contribution < 1.29 is 0 Å². The number of hydrogen-bond donors (Lipinski definition) is 1. The zero-order valence-electron chi connectivity index (χ0n) is 8.32. The van der Waals surface area contributed by atoms with E-state index in [1.807, 2.05) is 12.1 Å². The van der Waals surface area contributed by atoms with Crippen LogP contribution >= 0.6 is 34.2 Å². The van der Waals surface area contributed by atoms with E-state index in [9.17, 15) is 0 Å². The molecule has 0 aliphatic carbocycles. The third-order valence-electron chi connectivity index (χ3n) is 2.03. The van der Waals surface area contributed by atoms with Gasteiger partial charge in [0.15, 0.2) is 0 Å². The Bertz CT molecular complexity index is 289. The first-order valence-electron chi connectivity index (χ1n) is 4.88. The van der Waals surface area contributed by atoms with E-state index >= 15 is 0 Å². The topological polar surface area (TPSA) is 12.0 Å². The van der Waals surface area contributed by atoms with E-state index in [1.54, 1.807) is 0 Å². The molecule has 14 heavy (non-hydrogen) atoms. The monoisotopic (exact) mass is 323 g/mol. The highest BCUT2D eigenvalue weighted by Gasteiger charge is 1.99. The van der Waals surface area contributed by atoms with Crippen molar-refractivity contribution in [2.75, 3.05) is 6.54 Å². The average molecular weight is 324 g/mol. The molecule has 1 aromatic rings. The lowest BCUT2D eigenvalue weighted by atomic mass is 10.2. The Hall–Kier alpha value is 0.200. The van der Waals surface area contributed by atoms with Gasteiger partial charge in [0, 0.05) is 15.1 Å². The van der Waals surface area contributed by atoms with E-state index in [-0.39, 0.29) is 0 Å². The molecule has 78 valence electrons. The van der Waals surface area contributed by atoms with Crippen molar-refractivity contribution in [3.05, 3.63) is 32.4 Å². The number of benzene rings is 1. The molecular formula is C11H15ClIN. The molecule has 0 bridgehead atoms. The molecule has 0 atom stereocenters. The SMILES string of the molecule is CCCCNCc1cc(Cl)ccc1I. The summed E-state index contributed by atoms with van der Waals surface area (Å²) in [5.41, 5.74) is 1.29. The van der Waals surface area contributed by atoms with Crippen LogP contribution in [0.3, 0.4) is 0 Å². The molecule has 0 aromatic heterocycles. The largest absolute Gasteiger partial charge is 0.313 e. The van der Waals surface area contributed by atoms with Gasteiger partial charge in [-0.15, -0.1) is 0 Å². The number of rotatable bonds is 5. The van der Waals surface area contributed by atoms with Gasteiger partial charge in [0.2, 0.25) is 0 Å². The van der Waals surface area contributed by atoms with E-state index in [1.165, 1.54) is 22.0 Å². The van der Waals surface area contributed by atoms with Gasteiger partial charge in [-0.3, -0.25) is 0 Å². The van der Waals surface area contributed by atoms with Gasteiger partial charge in [0.25, 0.3) is 0 Å². The molecule has 0 saturated carbocycles. The molecule has 0 saturated heterocycles. The van der Waals surface area contributed by atoms with Gasteiger partial charge in [-0.25, -0.2) is 0 Å². The van der Waals surface area contributed by atoms with Gasteiger partial charge in [0.05, 0.1) is 0 Å². The maximum atomic E-state index is 5.93. The van der Waals surface area contributed by atoms with Crippen molar-refractivity contribution in [2.45, 2.75) is 26.3 Å². The summed E-state index contributed by atoms with van der Waals surface area (Å²) in [5.74, 6) is 0. The molecule has 1 rings (SSSR count). The summed E-state index contributed by atoms with van der Waals surface area (Å²) < 4.78 is 1.27. The molecule has 0 fully saturated rings. The zero-order valence-corrected chi connectivity index (χ0v) is 11.2. The van der Waals surface area contributed by atoms with E-state index in [0.29, 0.717) is 0 Å². The van der Waals surface area contributed by atoms with Crippen molar-refractivity contribution in [2.24, 2.45) is 0 Å². The summed E-state index contributed by atoms with van der Waals surface area (Å²) in [7, 11) is 0. The Morgan fingerprint density at radius 1 is 1.43 bits per heavy atom. The fourth-order valence-corrected chi connectivity index (χ4v) is 1.92. The highest BCUT2D eigenvalue weighted by atomic mass is 127. The molecule has 0 radical (unpaired) electrons. The first kappa shape index (κ1) is 12.3. The Labute approximate surface area is 104 Å². The van der Waals surface area contributed by atoms with Crippen molar-refractivity contribution in [1.29, 1.82) is 0 Å². The van der Waals surface area contributed by atoms with Crippen LogP contribution < -0.4 is 5.32 Å². The van der Waals surface area contributed by atoms with E-state index < -0.39 is 0 Å². The Kier molecular flexibility index (Phi) is 5.82. The summed E-state index contributed by atoms with van der Waals surface area (Å²) in [6.07, 6.45) is 2.47. The minimum absolute atomic E-state index is 0.817. The van der Waals surface area contributed by atoms with Gasteiger partial charge >= 0.3 is 0 Å². The number of hydrogen-bond acceptors (Lipinski definition) is 1. The highest BCUT2D eigenvalue weighted by molar-refractivity contribution is 14.1. The lowest BCUT2D eigenvalue weighted by Gasteiger charge is -2.06. The lowest BCUT2D eigenvalue weighted by Crippen LogP contribution is -2.15. The van der Waals surface area contributed by atoms with Crippen LogP contribution in [-0.4, -0.2) is 6.54 Å². The van der Waals surface area contributed by atoms with Crippen LogP contribution in [0.25, 0.3) is 0 Å². The first-order chi connectivity index (χ1) is 6.74. The van der Waals surface area contributed by atoms with Crippen LogP contribution in [0.15, 0.2) is 18.2 Å². The molecule has 0 unspecified atom stereocenters. The fourth-order valence-electron chi connectivity index (χ4n) is 1.20. The Morgan fingerprint density at radius 2 is 2.21 bits per heavy atom. The van der Waals surface area contributed by atoms with Gasteiger partial charge < -0.3 is 5.32 Å². The first-order valence-corrected chi connectivity index (χ1v) is 6.34.